The van der Waals surface area contributed by atoms with Gasteiger partial charge in [-0.2, -0.15) is 0 Å². The van der Waals surface area contributed by atoms with Gasteiger partial charge in [0.15, 0.2) is 0 Å². The molecule has 0 aromatic carbocycles. The highest BCUT2D eigenvalue weighted by molar-refractivity contribution is 5.96. The quantitative estimate of drug-likeness (QED) is 0.659. The number of rotatable bonds is 7. The Kier molecular flexibility index (Phi) is 5.21. The maximum absolute atomic E-state index is 11.6. The van der Waals surface area contributed by atoms with Gasteiger partial charge >= 0.3 is 0 Å². The molecule has 0 aliphatic heterocycles. The van der Waals surface area contributed by atoms with Crippen molar-refractivity contribution in [2.45, 2.75) is 47.0 Å². The van der Waals surface area contributed by atoms with Gasteiger partial charge in [-0.15, -0.1) is 0 Å². The molecule has 0 aliphatic rings. The minimum atomic E-state index is -1.12. The van der Waals surface area contributed by atoms with Crippen LogP contribution in [0, 0.1) is 5.41 Å². The molecule has 0 radical (unpaired) electrons. The predicted octanol–water partition coefficient (Wildman–Crippen LogP) is 1.50. The molecule has 16 heavy (non-hydrogen) atoms. The highest BCUT2D eigenvalue weighted by atomic mass is 16.1. The van der Waals surface area contributed by atoms with Crippen molar-refractivity contribution in [1.82, 2.24) is 0 Å². The molecule has 4 heteroatoms. The van der Waals surface area contributed by atoms with Crippen LogP contribution in [0.3, 0.4) is 0 Å². The number of Topliss-reactive ketones (excluding diaryl/α,β-unsaturated/α-hetero) is 4. The molecular formula is C12H18O4. The Morgan fingerprint density at radius 1 is 0.688 bits per heavy atom. The van der Waals surface area contributed by atoms with Crippen LogP contribution in [-0.2, 0) is 19.2 Å². The van der Waals surface area contributed by atoms with Gasteiger partial charge in [0.2, 0.25) is 0 Å². The molecule has 0 fully saturated rings. The topological polar surface area (TPSA) is 68.3 Å². The molecule has 90 valence electrons. The third kappa shape index (κ3) is 4.47. The highest BCUT2D eigenvalue weighted by Crippen LogP contribution is 2.33. The van der Waals surface area contributed by atoms with Crippen molar-refractivity contribution in [1.29, 1.82) is 0 Å². The van der Waals surface area contributed by atoms with Crippen molar-refractivity contribution in [3.05, 3.63) is 0 Å². The molecule has 0 bridgehead atoms. The first-order chi connectivity index (χ1) is 7.19. The number of carbonyl (C=O) groups is 4. The van der Waals surface area contributed by atoms with E-state index in [2.05, 4.69) is 0 Å². The lowest BCUT2D eigenvalue weighted by Gasteiger charge is -2.28. The summed E-state index contributed by atoms with van der Waals surface area (Å²) in [6.45, 7) is 5.41. The van der Waals surface area contributed by atoms with Crippen LogP contribution in [0.4, 0.5) is 0 Å². The van der Waals surface area contributed by atoms with Gasteiger partial charge in [0.1, 0.15) is 23.1 Å². The number of ketones is 4. The summed E-state index contributed by atoms with van der Waals surface area (Å²) in [6.07, 6.45) is -0.121. The fourth-order valence-corrected chi connectivity index (χ4v) is 1.99. The van der Waals surface area contributed by atoms with Crippen molar-refractivity contribution in [2.24, 2.45) is 5.41 Å². The van der Waals surface area contributed by atoms with E-state index in [1.165, 1.54) is 27.7 Å². The van der Waals surface area contributed by atoms with Gasteiger partial charge < -0.3 is 0 Å². The van der Waals surface area contributed by atoms with Crippen molar-refractivity contribution >= 4 is 23.1 Å². The molecule has 0 unspecified atom stereocenters. The molecular weight excluding hydrogens is 208 g/mol. The van der Waals surface area contributed by atoms with Crippen LogP contribution in [-0.4, -0.2) is 23.1 Å². The summed E-state index contributed by atoms with van der Waals surface area (Å²) in [5, 5.41) is 0. The fraction of sp³-hybridized carbons (Fsp3) is 0.667. The minimum absolute atomic E-state index is 0.0402. The van der Waals surface area contributed by atoms with Crippen molar-refractivity contribution in [3.8, 4) is 0 Å². The molecule has 0 atom stereocenters. The largest absolute Gasteiger partial charge is 0.300 e. The van der Waals surface area contributed by atoms with Crippen LogP contribution in [0.15, 0.2) is 0 Å². The maximum atomic E-state index is 11.6. The van der Waals surface area contributed by atoms with Crippen LogP contribution in [0.25, 0.3) is 0 Å². The second-order valence-corrected chi connectivity index (χ2v) is 4.47. The van der Waals surface area contributed by atoms with Gasteiger partial charge in [0.25, 0.3) is 0 Å². The van der Waals surface area contributed by atoms with Crippen molar-refractivity contribution in [3.63, 3.8) is 0 Å². The Morgan fingerprint density at radius 2 is 0.938 bits per heavy atom. The normalized spacial score (nSPS) is 11.0. The molecule has 0 heterocycles. The first-order valence-corrected chi connectivity index (χ1v) is 5.19. The summed E-state index contributed by atoms with van der Waals surface area (Å²) >= 11 is 0. The van der Waals surface area contributed by atoms with Crippen LogP contribution < -0.4 is 0 Å². The molecule has 0 aliphatic carbocycles. The van der Waals surface area contributed by atoms with Gasteiger partial charge in [-0.25, -0.2) is 0 Å². The lowest BCUT2D eigenvalue weighted by molar-refractivity contribution is -0.138. The van der Waals surface area contributed by atoms with Gasteiger partial charge in [-0.3, -0.25) is 19.2 Å². The van der Waals surface area contributed by atoms with E-state index in [9.17, 15) is 19.2 Å². The maximum Gasteiger partial charge on any atom is 0.137 e. The van der Waals surface area contributed by atoms with Crippen LogP contribution in [0.5, 0.6) is 0 Å². The zero-order valence-electron chi connectivity index (χ0n) is 10.3. The average Bonchev–Trinajstić information content (AvgIpc) is 1.98. The summed E-state index contributed by atoms with van der Waals surface area (Å²) in [5.74, 6) is -0.818. The van der Waals surface area contributed by atoms with Crippen molar-refractivity contribution in [2.75, 3.05) is 0 Å². The Balaban J connectivity index is 5.19. The zero-order chi connectivity index (χ0) is 12.9. The second kappa shape index (κ2) is 5.68. The average molecular weight is 226 g/mol. The van der Waals surface area contributed by atoms with E-state index in [0.29, 0.717) is 0 Å². The molecule has 0 N–H and O–H groups in total. The van der Waals surface area contributed by atoms with E-state index < -0.39 is 5.41 Å². The first kappa shape index (κ1) is 14.7. The lowest BCUT2D eigenvalue weighted by atomic mass is 9.72. The molecule has 0 spiro atoms. The molecule has 0 saturated heterocycles. The van der Waals surface area contributed by atoms with E-state index in [-0.39, 0.29) is 42.4 Å². The number of hydrogen-bond donors (Lipinski definition) is 0. The van der Waals surface area contributed by atoms with Gasteiger partial charge in [0.05, 0.1) is 0 Å². The van der Waals surface area contributed by atoms with E-state index in [1.54, 1.807) is 0 Å². The molecule has 0 aromatic rings. The van der Waals surface area contributed by atoms with Crippen LogP contribution in [0.1, 0.15) is 47.0 Å². The summed E-state index contributed by atoms with van der Waals surface area (Å²) in [4.78, 5) is 45.1. The van der Waals surface area contributed by atoms with Crippen molar-refractivity contribution < 1.29 is 19.2 Å². The standard InChI is InChI=1S/C12H18O4/c1-8(13)5-12(11(4)16,6-9(2)14)7-10(3)15/h5-7H2,1-4H3. The Hall–Kier alpha value is -1.32. The fourth-order valence-electron chi connectivity index (χ4n) is 1.99. The summed E-state index contributed by atoms with van der Waals surface area (Å²) in [5.41, 5.74) is -1.12. The van der Waals surface area contributed by atoms with Crippen LogP contribution in [0.2, 0.25) is 0 Å². The molecule has 4 nitrogen and oxygen atoms in total. The predicted molar refractivity (Wildman–Crippen MR) is 59.0 cm³/mol. The van der Waals surface area contributed by atoms with E-state index >= 15 is 0 Å². The third-order valence-corrected chi connectivity index (χ3v) is 2.51. The minimum Gasteiger partial charge on any atom is -0.300 e. The summed E-state index contributed by atoms with van der Waals surface area (Å²) in [6, 6.07) is 0. The smallest absolute Gasteiger partial charge is 0.137 e. The number of hydrogen-bond acceptors (Lipinski definition) is 4. The SMILES string of the molecule is CC(=O)CC(CC(C)=O)(CC(C)=O)C(C)=O. The third-order valence-electron chi connectivity index (χ3n) is 2.51. The Bertz CT molecular complexity index is 287. The molecule has 0 rings (SSSR count). The van der Waals surface area contributed by atoms with Crippen LogP contribution >= 0.6 is 0 Å². The molecule has 0 aromatic heterocycles. The summed E-state index contributed by atoms with van der Waals surface area (Å²) in [7, 11) is 0. The van der Waals surface area contributed by atoms with Gasteiger partial charge in [-0.1, -0.05) is 0 Å². The number of carbonyl (C=O) groups excluding carboxylic acids is 4. The van der Waals surface area contributed by atoms with E-state index in [1.807, 2.05) is 0 Å². The second-order valence-electron chi connectivity index (χ2n) is 4.47. The summed E-state index contributed by atoms with van der Waals surface area (Å²) < 4.78 is 0. The van der Waals surface area contributed by atoms with Gasteiger partial charge in [0, 0.05) is 24.7 Å². The highest BCUT2D eigenvalue weighted by Gasteiger charge is 2.38. The van der Waals surface area contributed by atoms with E-state index in [0.717, 1.165) is 0 Å². The zero-order valence-corrected chi connectivity index (χ0v) is 10.3. The lowest BCUT2D eigenvalue weighted by Crippen LogP contribution is -2.35. The van der Waals surface area contributed by atoms with E-state index in [4.69, 9.17) is 0 Å². The Labute approximate surface area is 95.4 Å². The monoisotopic (exact) mass is 226 g/mol. The molecule has 0 saturated carbocycles. The Morgan fingerprint density at radius 3 is 1.06 bits per heavy atom. The first-order valence-electron chi connectivity index (χ1n) is 5.19. The molecule has 0 amide bonds. The van der Waals surface area contributed by atoms with Gasteiger partial charge in [-0.05, 0) is 27.7 Å².